The maximum Gasteiger partial charge on any atom is 0.124 e. The second kappa shape index (κ2) is 6.39. The number of aliphatic hydroxyl groups excluding tert-OH is 1. The molecule has 1 aliphatic heterocycles. The summed E-state index contributed by atoms with van der Waals surface area (Å²) in [6, 6.07) is 5.36. The van der Waals surface area contributed by atoms with Crippen LogP contribution in [0.1, 0.15) is 5.56 Å². The summed E-state index contributed by atoms with van der Waals surface area (Å²) >= 11 is 6.03. The van der Waals surface area contributed by atoms with Crippen LogP contribution >= 0.6 is 11.6 Å². The second-order valence-corrected chi connectivity index (χ2v) is 5.21. The molecule has 2 atom stereocenters. The first kappa shape index (κ1) is 14.3. The number of aliphatic hydroxyl groups is 1. The van der Waals surface area contributed by atoms with Crippen molar-refractivity contribution in [2.24, 2.45) is 5.73 Å². The average Bonchev–Trinajstić information content (AvgIpc) is 2.67. The molecule has 5 heteroatoms. The first-order valence-electron chi connectivity index (χ1n) is 6.28. The van der Waals surface area contributed by atoms with Gasteiger partial charge in [0.15, 0.2) is 0 Å². The van der Waals surface area contributed by atoms with Crippen molar-refractivity contribution in [1.82, 2.24) is 4.90 Å². The van der Waals surface area contributed by atoms with Crippen LogP contribution in [0, 0.1) is 0 Å². The SMILES string of the molecule is C=CCOc1ccc(Cl)cc1CN1CC(N)C(O)C1. The zero-order valence-electron chi connectivity index (χ0n) is 10.8. The van der Waals surface area contributed by atoms with Crippen molar-refractivity contribution in [3.63, 3.8) is 0 Å². The lowest BCUT2D eigenvalue weighted by atomic mass is 10.2. The summed E-state index contributed by atoms with van der Waals surface area (Å²) in [5, 5.41) is 10.3. The highest BCUT2D eigenvalue weighted by molar-refractivity contribution is 6.30. The summed E-state index contributed by atoms with van der Waals surface area (Å²) in [5.41, 5.74) is 6.80. The first-order chi connectivity index (χ1) is 9.10. The minimum atomic E-state index is -0.461. The number of halogens is 1. The number of nitrogens with zero attached hydrogens (tertiary/aromatic N) is 1. The molecule has 3 N–H and O–H groups in total. The molecule has 1 aromatic carbocycles. The summed E-state index contributed by atoms with van der Waals surface area (Å²) in [6.45, 7) is 6.01. The van der Waals surface area contributed by atoms with Crippen LogP contribution in [0.3, 0.4) is 0 Å². The zero-order chi connectivity index (χ0) is 13.8. The highest BCUT2D eigenvalue weighted by Gasteiger charge is 2.28. The number of benzene rings is 1. The summed E-state index contributed by atoms with van der Waals surface area (Å²) in [5.74, 6) is 0.791. The van der Waals surface area contributed by atoms with Gasteiger partial charge in [-0.15, -0.1) is 0 Å². The molecule has 1 fully saturated rings. The van der Waals surface area contributed by atoms with Crippen molar-refractivity contribution in [2.45, 2.75) is 18.7 Å². The molecule has 0 amide bonds. The van der Waals surface area contributed by atoms with Crippen LogP contribution in [0.15, 0.2) is 30.9 Å². The lowest BCUT2D eigenvalue weighted by molar-refractivity contribution is 0.163. The Morgan fingerprint density at radius 1 is 1.53 bits per heavy atom. The fourth-order valence-electron chi connectivity index (χ4n) is 2.23. The van der Waals surface area contributed by atoms with E-state index >= 15 is 0 Å². The van der Waals surface area contributed by atoms with Crippen LogP contribution in [0.2, 0.25) is 5.02 Å². The molecule has 0 aromatic heterocycles. The first-order valence-corrected chi connectivity index (χ1v) is 6.66. The van der Waals surface area contributed by atoms with Gasteiger partial charge in [0.05, 0.1) is 6.10 Å². The molecule has 0 radical (unpaired) electrons. The minimum Gasteiger partial charge on any atom is -0.489 e. The van der Waals surface area contributed by atoms with Gasteiger partial charge in [0, 0.05) is 36.3 Å². The number of β-amino-alcohol motifs (C(OH)–C–C–N with tert-alkyl or cyclic N) is 1. The second-order valence-electron chi connectivity index (χ2n) is 4.78. The maximum atomic E-state index is 9.67. The standard InChI is InChI=1S/C14H19ClN2O2/c1-2-5-19-14-4-3-11(15)6-10(14)7-17-8-12(16)13(18)9-17/h2-4,6,12-13,18H,1,5,7-9,16H2. The quantitative estimate of drug-likeness (QED) is 0.802. The van der Waals surface area contributed by atoms with E-state index in [0.29, 0.717) is 31.3 Å². The largest absolute Gasteiger partial charge is 0.489 e. The van der Waals surface area contributed by atoms with Crippen LogP contribution in [0.5, 0.6) is 5.75 Å². The number of likely N-dealkylation sites (tertiary alicyclic amines) is 1. The number of nitrogens with two attached hydrogens (primary N) is 1. The van der Waals surface area contributed by atoms with E-state index in [9.17, 15) is 5.11 Å². The third kappa shape index (κ3) is 3.70. The van der Waals surface area contributed by atoms with Gasteiger partial charge in [-0.2, -0.15) is 0 Å². The zero-order valence-corrected chi connectivity index (χ0v) is 11.5. The van der Waals surface area contributed by atoms with Crippen molar-refractivity contribution >= 4 is 11.6 Å². The Morgan fingerprint density at radius 2 is 2.32 bits per heavy atom. The Kier molecular flexibility index (Phi) is 4.82. The lowest BCUT2D eigenvalue weighted by Gasteiger charge is -2.18. The molecule has 0 saturated carbocycles. The van der Waals surface area contributed by atoms with E-state index in [2.05, 4.69) is 11.5 Å². The van der Waals surface area contributed by atoms with Gasteiger partial charge >= 0.3 is 0 Å². The Labute approximate surface area is 118 Å². The highest BCUT2D eigenvalue weighted by Crippen LogP contribution is 2.25. The molecular weight excluding hydrogens is 264 g/mol. The normalized spacial score (nSPS) is 23.5. The Morgan fingerprint density at radius 3 is 2.95 bits per heavy atom. The monoisotopic (exact) mass is 282 g/mol. The molecule has 1 aromatic rings. The molecule has 0 spiro atoms. The van der Waals surface area contributed by atoms with Gasteiger partial charge < -0.3 is 15.6 Å². The molecule has 104 valence electrons. The predicted molar refractivity (Wildman–Crippen MR) is 76.4 cm³/mol. The fourth-order valence-corrected chi connectivity index (χ4v) is 2.42. The van der Waals surface area contributed by atoms with Crippen LogP contribution in [0.4, 0.5) is 0 Å². The smallest absolute Gasteiger partial charge is 0.124 e. The van der Waals surface area contributed by atoms with Crippen LogP contribution in [-0.2, 0) is 6.54 Å². The average molecular weight is 283 g/mol. The topological polar surface area (TPSA) is 58.7 Å². The van der Waals surface area contributed by atoms with E-state index in [4.69, 9.17) is 22.1 Å². The molecule has 4 nitrogen and oxygen atoms in total. The number of hydrogen-bond acceptors (Lipinski definition) is 4. The van der Waals surface area contributed by atoms with Crippen molar-refractivity contribution in [1.29, 1.82) is 0 Å². The van der Waals surface area contributed by atoms with Crippen molar-refractivity contribution in [3.8, 4) is 5.75 Å². The van der Waals surface area contributed by atoms with E-state index in [-0.39, 0.29) is 6.04 Å². The molecule has 2 unspecified atom stereocenters. The molecular formula is C14H19ClN2O2. The van der Waals surface area contributed by atoms with Gasteiger partial charge in [0.2, 0.25) is 0 Å². The van der Waals surface area contributed by atoms with Crippen LogP contribution in [-0.4, -0.2) is 41.8 Å². The molecule has 19 heavy (non-hydrogen) atoms. The highest BCUT2D eigenvalue weighted by atomic mass is 35.5. The molecule has 0 bridgehead atoms. The summed E-state index contributed by atoms with van der Waals surface area (Å²) in [7, 11) is 0. The molecule has 1 heterocycles. The summed E-state index contributed by atoms with van der Waals surface area (Å²) < 4.78 is 5.61. The Hall–Kier alpha value is -1.07. The van der Waals surface area contributed by atoms with Crippen LogP contribution in [0.25, 0.3) is 0 Å². The van der Waals surface area contributed by atoms with Gasteiger partial charge in [0.25, 0.3) is 0 Å². The van der Waals surface area contributed by atoms with E-state index < -0.39 is 6.10 Å². The van der Waals surface area contributed by atoms with E-state index in [1.54, 1.807) is 12.1 Å². The number of hydrogen-bond donors (Lipinski definition) is 2. The van der Waals surface area contributed by atoms with E-state index in [1.807, 2.05) is 12.1 Å². The third-order valence-electron chi connectivity index (χ3n) is 3.18. The number of rotatable bonds is 5. The Bertz CT molecular complexity index is 443. The van der Waals surface area contributed by atoms with E-state index in [1.165, 1.54) is 0 Å². The minimum absolute atomic E-state index is 0.184. The Balaban J connectivity index is 2.09. The summed E-state index contributed by atoms with van der Waals surface area (Å²) in [6.07, 6.45) is 1.24. The van der Waals surface area contributed by atoms with Crippen molar-refractivity contribution in [3.05, 3.63) is 41.4 Å². The van der Waals surface area contributed by atoms with E-state index in [0.717, 1.165) is 11.3 Å². The van der Waals surface area contributed by atoms with Crippen LogP contribution < -0.4 is 10.5 Å². The summed E-state index contributed by atoms with van der Waals surface area (Å²) in [4.78, 5) is 2.10. The van der Waals surface area contributed by atoms with Gasteiger partial charge in [-0.1, -0.05) is 24.3 Å². The fraction of sp³-hybridized carbons (Fsp3) is 0.429. The molecule has 1 aliphatic rings. The predicted octanol–water partition coefficient (Wildman–Crippen LogP) is 1.41. The van der Waals surface area contributed by atoms with Gasteiger partial charge in [-0.25, -0.2) is 0 Å². The maximum absolute atomic E-state index is 9.67. The third-order valence-corrected chi connectivity index (χ3v) is 3.42. The lowest BCUT2D eigenvalue weighted by Crippen LogP contribution is -2.32. The van der Waals surface area contributed by atoms with Gasteiger partial charge in [-0.05, 0) is 18.2 Å². The van der Waals surface area contributed by atoms with Crippen molar-refractivity contribution in [2.75, 3.05) is 19.7 Å². The van der Waals surface area contributed by atoms with Gasteiger partial charge in [-0.3, -0.25) is 4.90 Å². The molecule has 2 rings (SSSR count). The molecule has 1 saturated heterocycles. The number of ether oxygens (including phenoxy) is 1. The molecule has 0 aliphatic carbocycles. The van der Waals surface area contributed by atoms with Crippen molar-refractivity contribution < 1.29 is 9.84 Å². The van der Waals surface area contributed by atoms with Gasteiger partial charge in [0.1, 0.15) is 12.4 Å².